The maximum Gasteiger partial charge on any atom is 0.171 e. The minimum Gasteiger partial charge on any atom is -0.354 e. The molecule has 1 aromatic rings. The summed E-state index contributed by atoms with van der Waals surface area (Å²) in [5.41, 5.74) is 1.89. The van der Waals surface area contributed by atoms with Gasteiger partial charge in [0.15, 0.2) is 11.0 Å². The highest BCUT2D eigenvalue weighted by Gasteiger charge is 2.20. The molecule has 0 spiro atoms. The lowest BCUT2D eigenvalue weighted by molar-refractivity contribution is 0.444. The van der Waals surface area contributed by atoms with Crippen molar-refractivity contribution in [2.45, 2.75) is 33.6 Å². The lowest BCUT2D eigenvalue weighted by Crippen LogP contribution is -2.35. The number of piperidine rings is 1. The van der Waals surface area contributed by atoms with Gasteiger partial charge in [-0.1, -0.05) is 18.5 Å². The van der Waals surface area contributed by atoms with E-state index in [9.17, 15) is 0 Å². The van der Waals surface area contributed by atoms with Gasteiger partial charge < -0.3 is 4.90 Å². The van der Waals surface area contributed by atoms with Crippen LogP contribution in [0.5, 0.6) is 0 Å². The number of anilines is 1. The van der Waals surface area contributed by atoms with E-state index in [0.29, 0.717) is 11.1 Å². The molecule has 3 nitrogen and oxygen atoms in total. The van der Waals surface area contributed by atoms with Gasteiger partial charge in [-0.15, -0.1) is 0 Å². The fourth-order valence-electron chi connectivity index (χ4n) is 2.15. The van der Waals surface area contributed by atoms with E-state index in [2.05, 4.69) is 21.8 Å². The van der Waals surface area contributed by atoms with E-state index < -0.39 is 0 Å². The Labute approximate surface area is 102 Å². The second kappa shape index (κ2) is 4.58. The average Bonchev–Trinajstić information content (AvgIpc) is 2.23. The van der Waals surface area contributed by atoms with Gasteiger partial charge in [-0.25, -0.2) is 9.97 Å². The van der Waals surface area contributed by atoms with Crippen LogP contribution < -0.4 is 4.90 Å². The van der Waals surface area contributed by atoms with Crippen molar-refractivity contribution < 1.29 is 0 Å². The lowest BCUT2D eigenvalue weighted by atomic mass is 10.0. The van der Waals surface area contributed by atoms with E-state index in [1.54, 1.807) is 0 Å². The topological polar surface area (TPSA) is 29.0 Å². The SMILES string of the molecule is Cc1nc(Cl)c(N2CCCC(C)C2)nc1C. The van der Waals surface area contributed by atoms with Crippen LogP contribution in [0.15, 0.2) is 0 Å². The summed E-state index contributed by atoms with van der Waals surface area (Å²) in [6.45, 7) is 8.28. The van der Waals surface area contributed by atoms with Gasteiger partial charge in [-0.3, -0.25) is 0 Å². The van der Waals surface area contributed by atoms with Gasteiger partial charge >= 0.3 is 0 Å². The molecule has 16 heavy (non-hydrogen) atoms. The molecule has 1 aliphatic rings. The van der Waals surface area contributed by atoms with E-state index in [0.717, 1.165) is 30.3 Å². The number of nitrogens with zero attached hydrogens (tertiary/aromatic N) is 3. The summed E-state index contributed by atoms with van der Waals surface area (Å²) in [6, 6.07) is 0. The molecular weight excluding hydrogens is 222 g/mol. The van der Waals surface area contributed by atoms with Gasteiger partial charge in [0.2, 0.25) is 0 Å². The summed E-state index contributed by atoms with van der Waals surface area (Å²) in [5, 5.41) is 0.539. The highest BCUT2D eigenvalue weighted by Crippen LogP contribution is 2.27. The van der Waals surface area contributed by atoms with Crippen LogP contribution >= 0.6 is 11.6 Å². The predicted octanol–water partition coefficient (Wildman–Crippen LogP) is 2.98. The Balaban J connectivity index is 2.29. The molecular formula is C12H18ClN3. The lowest BCUT2D eigenvalue weighted by Gasteiger charge is -2.32. The summed E-state index contributed by atoms with van der Waals surface area (Å²) in [4.78, 5) is 11.2. The van der Waals surface area contributed by atoms with Crippen LogP contribution in [0.25, 0.3) is 0 Å². The fourth-order valence-corrected chi connectivity index (χ4v) is 2.44. The van der Waals surface area contributed by atoms with Gasteiger partial charge in [0.1, 0.15) is 0 Å². The highest BCUT2D eigenvalue weighted by molar-refractivity contribution is 6.31. The van der Waals surface area contributed by atoms with E-state index in [1.807, 2.05) is 13.8 Å². The second-order valence-electron chi connectivity index (χ2n) is 4.70. The van der Waals surface area contributed by atoms with Crippen molar-refractivity contribution in [2.75, 3.05) is 18.0 Å². The van der Waals surface area contributed by atoms with Crippen molar-refractivity contribution in [3.63, 3.8) is 0 Å². The van der Waals surface area contributed by atoms with Gasteiger partial charge in [0, 0.05) is 13.1 Å². The molecule has 2 rings (SSSR count). The predicted molar refractivity (Wildman–Crippen MR) is 67.1 cm³/mol. The second-order valence-corrected chi connectivity index (χ2v) is 5.06. The normalized spacial score (nSPS) is 21.2. The highest BCUT2D eigenvalue weighted by atomic mass is 35.5. The van der Waals surface area contributed by atoms with Crippen molar-refractivity contribution in [2.24, 2.45) is 5.92 Å². The minimum absolute atomic E-state index is 0.539. The Bertz CT molecular complexity index is 392. The number of halogens is 1. The van der Waals surface area contributed by atoms with Crippen molar-refractivity contribution in [3.8, 4) is 0 Å². The zero-order valence-electron chi connectivity index (χ0n) is 10.1. The fraction of sp³-hybridized carbons (Fsp3) is 0.667. The molecule has 88 valence electrons. The molecule has 0 radical (unpaired) electrons. The molecule has 0 aromatic carbocycles. The van der Waals surface area contributed by atoms with Crippen LogP contribution in [0.1, 0.15) is 31.2 Å². The van der Waals surface area contributed by atoms with E-state index in [1.165, 1.54) is 12.8 Å². The molecule has 0 N–H and O–H groups in total. The minimum atomic E-state index is 0.539. The number of hydrogen-bond acceptors (Lipinski definition) is 3. The molecule has 2 heterocycles. The first-order valence-corrected chi connectivity index (χ1v) is 6.21. The maximum absolute atomic E-state index is 6.17. The molecule has 1 atom stereocenters. The summed E-state index contributed by atoms with van der Waals surface area (Å²) < 4.78 is 0. The van der Waals surface area contributed by atoms with Crippen molar-refractivity contribution >= 4 is 17.4 Å². The summed E-state index contributed by atoms with van der Waals surface area (Å²) in [7, 11) is 0. The first kappa shape index (κ1) is 11.6. The van der Waals surface area contributed by atoms with Crippen molar-refractivity contribution in [3.05, 3.63) is 16.5 Å². The first-order valence-electron chi connectivity index (χ1n) is 5.83. The van der Waals surface area contributed by atoms with Gasteiger partial charge in [-0.05, 0) is 32.6 Å². The molecule has 1 aliphatic heterocycles. The quantitative estimate of drug-likeness (QED) is 0.755. The third kappa shape index (κ3) is 2.29. The molecule has 0 saturated carbocycles. The third-order valence-corrected chi connectivity index (χ3v) is 3.46. The van der Waals surface area contributed by atoms with Gasteiger partial charge in [-0.2, -0.15) is 0 Å². The zero-order chi connectivity index (χ0) is 11.7. The number of hydrogen-bond donors (Lipinski definition) is 0. The van der Waals surface area contributed by atoms with Crippen molar-refractivity contribution in [1.29, 1.82) is 0 Å². The van der Waals surface area contributed by atoms with E-state index in [4.69, 9.17) is 11.6 Å². The summed E-state index contributed by atoms with van der Waals surface area (Å²) in [5.74, 6) is 1.57. The Kier molecular flexibility index (Phi) is 3.33. The molecule has 0 aliphatic carbocycles. The average molecular weight is 240 g/mol. The largest absolute Gasteiger partial charge is 0.354 e. The van der Waals surface area contributed by atoms with Crippen LogP contribution in [-0.4, -0.2) is 23.1 Å². The molecule has 1 saturated heterocycles. The molecule has 1 unspecified atom stereocenters. The van der Waals surface area contributed by atoms with Crippen LogP contribution in [0.4, 0.5) is 5.82 Å². The first-order chi connectivity index (χ1) is 7.58. The number of aromatic nitrogens is 2. The third-order valence-electron chi connectivity index (χ3n) is 3.20. The smallest absolute Gasteiger partial charge is 0.171 e. The Morgan fingerprint density at radius 2 is 1.94 bits per heavy atom. The number of aryl methyl sites for hydroxylation is 2. The maximum atomic E-state index is 6.17. The van der Waals surface area contributed by atoms with Gasteiger partial charge in [0.25, 0.3) is 0 Å². The van der Waals surface area contributed by atoms with Crippen molar-refractivity contribution in [1.82, 2.24) is 9.97 Å². The van der Waals surface area contributed by atoms with Gasteiger partial charge in [0.05, 0.1) is 11.4 Å². The summed E-state index contributed by atoms with van der Waals surface area (Å²) in [6.07, 6.45) is 2.51. The van der Waals surface area contributed by atoms with E-state index >= 15 is 0 Å². The van der Waals surface area contributed by atoms with Crippen LogP contribution in [0.2, 0.25) is 5.15 Å². The molecule has 0 amide bonds. The van der Waals surface area contributed by atoms with Crippen LogP contribution in [0, 0.1) is 19.8 Å². The monoisotopic (exact) mass is 239 g/mol. The standard InChI is InChI=1S/C12H18ClN3/c1-8-5-4-6-16(7-8)12-11(13)14-9(2)10(3)15-12/h8H,4-7H2,1-3H3. The van der Waals surface area contributed by atoms with Crippen LogP contribution in [-0.2, 0) is 0 Å². The molecule has 0 bridgehead atoms. The summed E-state index contributed by atoms with van der Waals surface area (Å²) >= 11 is 6.17. The molecule has 4 heteroatoms. The van der Waals surface area contributed by atoms with E-state index in [-0.39, 0.29) is 0 Å². The Morgan fingerprint density at radius 1 is 1.25 bits per heavy atom. The number of rotatable bonds is 1. The Hall–Kier alpha value is -0.830. The molecule has 1 fully saturated rings. The zero-order valence-corrected chi connectivity index (χ0v) is 10.9. The Morgan fingerprint density at radius 3 is 2.62 bits per heavy atom. The molecule has 1 aromatic heterocycles. The van der Waals surface area contributed by atoms with Crippen LogP contribution in [0.3, 0.4) is 0 Å².